The van der Waals surface area contributed by atoms with Crippen molar-refractivity contribution in [3.05, 3.63) is 12.2 Å². The van der Waals surface area contributed by atoms with Gasteiger partial charge in [0.15, 0.2) is 0 Å². The third-order valence-corrected chi connectivity index (χ3v) is 1.72. The zero-order chi connectivity index (χ0) is 7.94. The molecule has 0 unspecified atom stereocenters. The van der Waals surface area contributed by atoms with Gasteiger partial charge in [-0.25, -0.2) is 0 Å². The van der Waals surface area contributed by atoms with Crippen LogP contribution in [0.2, 0.25) is 0 Å². The summed E-state index contributed by atoms with van der Waals surface area (Å²) in [4.78, 5) is 10.9. The van der Waals surface area contributed by atoms with Crippen molar-refractivity contribution in [1.29, 1.82) is 0 Å². The molecule has 2 heteroatoms. The summed E-state index contributed by atoms with van der Waals surface area (Å²) in [6.45, 7) is 0.551. The maximum atomic E-state index is 10.9. The molecule has 2 nitrogen and oxygen atoms in total. The normalized spacial score (nSPS) is 20.9. The SMILES string of the molecule is O=C1CCCCC=CCCO1. The largest absolute Gasteiger partial charge is 0.465 e. The Morgan fingerprint density at radius 1 is 1.18 bits per heavy atom. The molecule has 11 heavy (non-hydrogen) atoms. The second-order valence-corrected chi connectivity index (χ2v) is 2.73. The highest BCUT2D eigenvalue weighted by Crippen LogP contribution is 2.04. The first kappa shape index (κ1) is 8.31. The van der Waals surface area contributed by atoms with Crippen LogP contribution in [0, 0.1) is 0 Å². The summed E-state index contributed by atoms with van der Waals surface area (Å²) in [6, 6.07) is 0. The van der Waals surface area contributed by atoms with Crippen LogP contribution in [0.15, 0.2) is 12.2 Å². The van der Waals surface area contributed by atoms with E-state index in [1.54, 1.807) is 0 Å². The number of cyclic esters (lactones) is 1. The van der Waals surface area contributed by atoms with Gasteiger partial charge in [0.05, 0.1) is 6.61 Å². The van der Waals surface area contributed by atoms with E-state index in [9.17, 15) is 4.79 Å². The molecule has 0 aromatic heterocycles. The van der Waals surface area contributed by atoms with E-state index < -0.39 is 0 Å². The summed E-state index contributed by atoms with van der Waals surface area (Å²) in [5.41, 5.74) is 0. The van der Waals surface area contributed by atoms with Gasteiger partial charge in [-0.05, 0) is 25.7 Å². The van der Waals surface area contributed by atoms with E-state index in [1.165, 1.54) is 0 Å². The average molecular weight is 154 g/mol. The Balaban J connectivity index is 2.28. The highest BCUT2D eigenvalue weighted by atomic mass is 16.5. The van der Waals surface area contributed by atoms with Crippen molar-refractivity contribution in [2.75, 3.05) is 6.61 Å². The van der Waals surface area contributed by atoms with Crippen LogP contribution in [0.3, 0.4) is 0 Å². The summed E-state index contributed by atoms with van der Waals surface area (Å²) in [5.74, 6) is -0.0414. The van der Waals surface area contributed by atoms with Crippen LogP contribution in [-0.2, 0) is 9.53 Å². The molecule has 0 bridgehead atoms. The molecule has 0 aliphatic carbocycles. The summed E-state index contributed by atoms with van der Waals surface area (Å²) in [6.07, 6.45) is 8.87. The molecule has 0 atom stereocenters. The van der Waals surface area contributed by atoms with Crippen molar-refractivity contribution < 1.29 is 9.53 Å². The lowest BCUT2D eigenvalue weighted by molar-refractivity contribution is -0.143. The molecule has 0 saturated heterocycles. The molecule has 0 aromatic rings. The van der Waals surface area contributed by atoms with Crippen molar-refractivity contribution in [2.24, 2.45) is 0 Å². The molecule has 0 saturated carbocycles. The Kier molecular flexibility index (Phi) is 3.73. The number of allylic oxidation sites excluding steroid dienone is 1. The van der Waals surface area contributed by atoms with Crippen LogP contribution in [0.4, 0.5) is 0 Å². The molecular formula is C9H14O2. The molecule has 0 amide bonds. The van der Waals surface area contributed by atoms with Gasteiger partial charge in [0.25, 0.3) is 0 Å². The van der Waals surface area contributed by atoms with E-state index in [2.05, 4.69) is 12.2 Å². The quantitative estimate of drug-likeness (QED) is 0.394. The number of carbonyl (C=O) groups is 1. The van der Waals surface area contributed by atoms with E-state index in [1.807, 2.05) is 0 Å². The molecule has 1 heterocycles. The molecular weight excluding hydrogens is 140 g/mol. The molecule has 0 N–H and O–H groups in total. The van der Waals surface area contributed by atoms with Crippen LogP contribution >= 0.6 is 0 Å². The Morgan fingerprint density at radius 3 is 2.91 bits per heavy atom. The summed E-state index contributed by atoms with van der Waals surface area (Å²) < 4.78 is 4.93. The maximum absolute atomic E-state index is 10.9. The summed E-state index contributed by atoms with van der Waals surface area (Å²) in [7, 11) is 0. The Labute approximate surface area is 67.2 Å². The van der Waals surface area contributed by atoms with Gasteiger partial charge in [-0.2, -0.15) is 0 Å². The molecule has 0 radical (unpaired) electrons. The Hall–Kier alpha value is -0.790. The van der Waals surface area contributed by atoms with Crippen molar-refractivity contribution in [1.82, 2.24) is 0 Å². The van der Waals surface area contributed by atoms with E-state index in [0.717, 1.165) is 25.7 Å². The zero-order valence-corrected chi connectivity index (χ0v) is 6.71. The monoisotopic (exact) mass is 154 g/mol. The number of ether oxygens (including phenoxy) is 1. The van der Waals surface area contributed by atoms with Gasteiger partial charge in [-0.3, -0.25) is 4.79 Å². The molecule has 1 aliphatic heterocycles. The Bertz CT molecular complexity index is 150. The van der Waals surface area contributed by atoms with Crippen molar-refractivity contribution in [3.8, 4) is 0 Å². The fourth-order valence-corrected chi connectivity index (χ4v) is 1.08. The first-order valence-corrected chi connectivity index (χ1v) is 4.20. The molecule has 0 spiro atoms. The van der Waals surface area contributed by atoms with Gasteiger partial charge < -0.3 is 4.74 Å². The topological polar surface area (TPSA) is 26.3 Å². The fourth-order valence-electron chi connectivity index (χ4n) is 1.08. The predicted octanol–water partition coefficient (Wildman–Crippen LogP) is 2.05. The Morgan fingerprint density at radius 2 is 2.00 bits per heavy atom. The van der Waals surface area contributed by atoms with Crippen molar-refractivity contribution in [3.63, 3.8) is 0 Å². The van der Waals surface area contributed by atoms with Crippen LogP contribution in [-0.4, -0.2) is 12.6 Å². The third-order valence-electron chi connectivity index (χ3n) is 1.72. The lowest BCUT2D eigenvalue weighted by atomic mass is 10.1. The minimum atomic E-state index is -0.0414. The summed E-state index contributed by atoms with van der Waals surface area (Å²) >= 11 is 0. The van der Waals surface area contributed by atoms with E-state index in [4.69, 9.17) is 4.74 Å². The van der Waals surface area contributed by atoms with Gasteiger partial charge in [0.2, 0.25) is 0 Å². The van der Waals surface area contributed by atoms with Crippen molar-refractivity contribution >= 4 is 5.97 Å². The van der Waals surface area contributed by atoms with Gasteiger partial charge in [-0.1, -0.05) is 12.2 Å². The van der Waals surface area contributed by atoms with Gasteiger partial charge in [0.1, 0.15) is 0 Å². The average Bonchev–Trinajstić information content (AvgIpc) is 2.03. The zero-order valence-electron chi connectivity index (χ0n) is 6.71. The first-order valence-electron chi connectivity index (χ1n) is 4.20. The van der Waals surface area contributed by atoms with Crippen LogP contribution in [0.1, 0.15) is 32.1 Å². The minimum absolute atomic E-state index is 0.0414. The number of hydrogen-bond acceptors (Lipinski definition) is 2. The fraction of sp³-hybridized carbons (Fsp3) is 0.667. The molecule has 0 aromatic carbocycles. The van der Waals surface area contributed by atoms with Crippen LogP contribution in [0.25, 0.3) is 0 Å². The van der Waals surface area contributed by atoms with Crippen molar-refractivity contribution in [2.45, 2.75) is 32.1 Å². The van der Waals surface area contributed by atoms with E-state index in [-0.39, 0.29) is 5.97 Å². The standard InChI is InChI=1S/C9H14O2/c10-9-7-5-3-1-2-4-6-8-11-9/h2,4H,1,3,5-8H2. The highest BCUT2D eigenvalue weighted by Gasteiger charge is 2.01. The number of rotatable bonds is 0. The lowest BCUT2D eigenvalue weighted by Gasteiger charge is -2.04. The molecule has 1 aliphatic rings. The van der Waals surface area contributed by atoms with Crippen LogP contribution < -0.4 is 0 Å². The van der Waals surface area contributed by atoms with Gasteiger partial charge in [0, 0.05) is 6.42 Å². The smallest absolute Gasteiger partial charge is 0.305 e. The highest BCUT2D eigenvalue weighted by molar-refractivity contribution is 5.69. The van der Waals surface area contributed by atoms with Crippen LogP contribution in [0.5, 0.6) is 0 Å². The molecule has 62 valence electrons. The number of carbonyl (C=O) groups excluding carboxylic acids is 1. The molecule has 1 rings (SSSR count). The predicted molar refractivity (Wildman–Crippen MR) is 43.2 cm³/mol. The second kappa shape index (κ2) is 4.94. The third kappa shape index (κ3) is 3.81. The van der Waals surface area contributed by atoms with Gasteiger partial charge in [-0.15, -0.1) is 0 Å². The summed E-state index contributed by atoms with van der Waals surface area (Å²) in [5, 5.41) is 0. The second-order valence-electron chi connectivity index (χ2n) is 2.73. The maximum Gasteiger partial charge on any atom is 0.305 e. The lowest BCUT2D eigenvalue weighted by Crippen LogP contribution is -2.05. The first-order chi connectivity index (χ1) is 5.39. The van der Waals surface area contributed by atoms with Gasteiger partial charge >= 0.3 is 5.97 Å². The number of hydrogen-bond donors (Lipinski definition) is 0. The molecule has 0 fully saturated rings. The van der Waals surface area contributed by atoms with E-state index >= 15 is 0 Å². The minimum Gasteiger partial charge on any atom is -0.465 e. The van der Waals surface area contributed by atoms with E-state index in [0.29, 0.717) is 13.0 Å². The number of esters is 1.